The number of alkyl halides is 2. The van der Waals surface area contributed by atoms with Gasteiger partial charge in [-0.1, -0.05) is 46.3 Å². The molecule has 2 aromatic carbocycles. The highest BCUT2D eigenvalue weighted by Gasteiger charge is 2.28. The molecule has 0 bridgehead atoms. The molecule has 0 aromatic heterocycles. The molecule has 3 heteroatoms. The van der Waals surface area contributed by atoms with E-state index in [-0.39, 0.29) is 10.2 Å². The Labute approximate surface area is 107 Å². The third-order valence-electron chi connectivity index (χ3n) is 2.92. The monoisotopic (exact) mass is 296 g/mol. The lowest BCUT2D eigenvalue weighted by atomic mass is 9.98. The Morgan fingerprint density at radius 2 is 2.00 bits per heavy atom. The molecule has 2 atom stereocenters. The highest BCUT2D eigenvalue weighted by molar-refractivity contribution is 9.09. The van der Waals surface area contributed by atoms with Gasteiger partial charge < -0.3 is 4.74 Å². The zero-order valence-electron chi connectivity index (χ0n) is 8.49. The molecule has 16 heavy (non-hydrogen) atoms. The van der Waals surface area contributed by atoms with Crippen LogP contribution in [0.25, 0.3) is 10.8 Å². The molecule has 0 N–H and O–H groups in total. The molecule has 82 valence electrons. The van der Waals surface area contributed by atoms with Crippen molar-refractivity contribution in [3.05, 3.63) is 42.0 Å². The molecule has 0 amide bonds. The summed E-state index contributed by atoms with van der Waals surface area (Å²) in [5.74, 6) is 0.942. The summed E-state index contributed by atoms with van der Waals surface area (Å²) in [5.41, 5.74) is 1.17. The summed E-state index contributed by atoms with van der Waals surface area (Å²) in [6.45, 7) is 0.558. The lowest BCUT2D eigenvalue weighted by Crippen LogP contribution is -2.23. The van der Waals surface area contributed by atoms with Gasteiger partial charge in [0.05, 0.1) is 10.2 Å². The predicted molar refractivity (Wildman–Crippen MR) is 70.8 cm³/mol. The van der Waals surface area contributed by atoms with Gasteiger partial charge in [-0.05, 0) is 16.8 Å². The Balaban J connectivity index is 2.32. The van der Waals surface area contributed by atoms with Gasteiger partial charge in [-0.2, -0.15) is 0 Å². The number of halogens is 2. The maximum Gasteiger partial charge on any atom is 0.124 e. The van der Waals surface area contributed by atoms with E-state index in [9.17, 15) is 0 Å². The van der Waals surface area contributed by atoms with Crippen molar-refractivity contribution in [1.29, 1.82) is 0 Å². The average Bonchev–Trinajstić information content (AvgIpc) is 2.33. The second kappa shape index (κ2) is 3.94. The van der Waals surface area contributed by atoms with Crippen molar-refractivity contribution in [3.63, 3.8) is 0 Å². The van der Waals surface area contributed by atoms with Gasteiger partial charge in [0.2, 0.25) is 0 Å². The first kappa shape index (κ1) is 10.4. The van der Waals surface area contributed by atoms with Gasteiger partial charge in [0.25, 0.3) is 0 Å². The topological polar surface area (TPSA) is 9.23 Å². The minimum Gasteiger partial charge on any atom is -0.492 e. The second-order valence-electron chi connectivity index (χ2n) is 3.93. The third kappa shape index (κ3) is 1.52. The molecular weight excluding hydrogens is 287 g/mol. The van der Waals surface area contributed by atoms with Gasteiger partial charge in [-0.3, -0.25) is 0 Å². The van der Waals surface area contributed by atoms with Gasteiger partial charge in [-0.15, -0.1) is 11.6 Å². The van der Waals surface area contributed by atoms with E-state index in [2.05, 4.69) is 34.1 Å². The smallest absolute Gasteiger partial charge is 0.124 e. The molecule has 0 saturated carbocycles. The van der Waals surface area contributed by atoms with Crippen molar-refractivity contribution >= 4 is 38.3 Å². The Hall–Kier alpha value is -0.730. The number of ether oxygens (including phenoxy) is 1. The molecule has 1 aliphatic heterocycles. The summed E-state index contributed by atoms with van der Waals surface area (Å²) < 4.78 is 5.65. The van der Waals surface area contributed by atoms with Crippen LogP contribution in [0.1, 0.15) is 10.4 Å². The van der Waals surface area contributed by atoms with Crippen LogP contribution in [0.2, 0.25) is 0 Å². The van der Waals surface area contributed by atoms with E-state index >= 15 is 0 Å². The first-order chi connectivity index (χ1) is 7.77. The number of rotatable bonds is 0. The van der Waals surface area contributed by atoms with Gasteiger partial charge in [0.1, 0.15) is 12.4 Å². The quantitative estimate of drug-likeness (QED) is 0.660. The molecular formula is C13H10BrClO. The summed E-state index contributed by atoms with van der Waals surface area (Å²) in [6, 6.07) is 12.4. The SMILES string of the molecule is ClC1COc2ccc3ccccc3c2C1Br. The average molecular weight is 298 g/mol. The van der Waals surface area contributed by atoms with E-state index in [1.54, 1.807) is 0 Å². The zero-order chi connectivity index (χ0) is 11.1. The van der Waals surface area contributed by atoms with Crippen LogP contribution in [0, 0.1) is 0 Å². The van der Waals surface area contributed by atoms with Crippen LogP contribution in [0.4, 0.5) is 0 Å². The summed E-state index contributed by atoms with van der Waals surface area (Å²) >= 11 is 9.88. The van der Waals surface area contributed by atoms with Crippen molar-refractivity contribution in [3.8, 4) is 5.75 Å². The van der Waals surface area contributed by atoms with E-state index in [0.29, 0.717) is 6.61 Å². The van der Waals surface area contributed by atoms with Crippen LogP contribution in [0.15, 0.2) is 36.4 Å². The minimum absolute atomic E-state index is 0.0155. The fourth-order valence-electron chi connectivity index (χ4n) is 2.12. The predicted octanol–water partition coefficient (Wildman–Crippen LogP) is 4.28. The largest absolute Gasteiger partial charge is 0.492 e. The Bertz CT molecular complexity index is 540. The number of fused-ring (bicyclic) bond motifs is 3. The maximum absolute atomic E-state index is 6.22. The fraction of sp³-hybridized carbons (Fsp3) is 0.231. The van der Waals surface area contributed by atoms with E-state index < -0.39 is 0 Å². The molecule has 1 aliphatic rings. The zero-order valence-corrected chi connectivity index (χ0v) is 10.8. The van der Waals surface area contributed by atoms with Crippen molar-refractivity contribution in [2.75, 3.05) is 6.61 Å². The van der Waals surface area contributed by atoms with Gasteiger partial charge in [0, 0.05) is 5.56 Å². The van der Waals surface area contributed by atoms with Crippen LogP contribution in [-0.4, -0.2) is 12.0 Å². The van der Waals surface area contributed by atoms with Crippen LogP contribution in [0.3, 0.4) is 0 Å². The highest BCUT2D eigenvalue weighted by Crippen LogP contribution is 2.43. The van der Waals surface area contributed by atoms with Gasteiger partial charge >= 0.3 is 0 Å². The molecule has 0 fully saturated rings. The van der Waals surface area contributed by atoms with Crippen molar-refractivity contribution in [1.82, 2.24) is 0 Å². The van der Waals surface area contributed by atoms with Crippen molar-refractivity contribution in [2.45, 2.75) is 10.2 Å². The third-order valence-corrected chi connectivity index (χ3v) is 4.70. The van der Waals surface area contributed by atoms with E-state index in [1.165, 1.54) is 16.3 Å². The number of hydrogen-bond acceptors (Lipinski definition) is 1. The first-order valence-corrected chi connectivity index (χ1v) is 6.55. The van der Waals surface area contributed by atoms with Crippen molar-refractivity contribution in [2.24, 2.45) is 0 Å². The molecule has 0 aliphatic carbocycles. The van der Waals surface area contributed by atoms with Crippen LogP contribution in [-0.2, 0) is 0 Å². The summed E-state index contributed by atoms with van der Waals surface area (Å²) in [7, 11) is 0. The van der Waals surface area contributed by atoms with E-state index in [4.69, 9.17) is 16.3 Å². The lowest BCUT2D eigenvalue weighted by Gasteiger charge is -2.27. The fourth-order valence-corrected chi connectivity index (χ4v) is 2.93. The standard InChI is InChI=1S/C13H10BrClO/c14-13-10(15)7-16-11-6-5-8-3-1-2-4-9(8)12(11)13/h1-6,10,13H,7H2. The molecule has 1 nitrogen and oxygen atoms in total. The molecule has 0 spiro atoms. The highest BCUT2D eigenvalue weighted by atomic mass is 79.9. The van der Waals surface area contributed by atoms with Crippen LogP contribution in [0.5, 0.6) is 5.75 Å². The molecule has 0 radical (unpaired) electrons. The molecule has 1 heterocycles. The lowest BCUT2D eigenvalue weighted by molar-refractivity contribution is 0.292. The number of benzene rings is 2. The van der Waals surface area contributed by atoms with Gasteiger partial charge in [-0.25, -0.2) is 0 Å². The molecule has 3 rings (SSSR count). The maximum atomic E-state index is 6.22. The summed E-state index contributed by atoms with van der Waals surface area (Å²) in [4.78, 5) is 0.156. The first-order valence-electron chi connectivity index (χ1n) is 5.20. The van der Waals surface area contributed by atoms with Crippen LogP contribution >= 0.6 is 27.5 Å². The Morgan fingerprint density at radius 1 is 1.19 bits per heavy atom. The summed E-state index contributed by atoms with van der Waals surface area (Å²) in [6.07, 6.45) is 0. The molecule has 0 saturated heterocycles. The van der Waals surface area contributed by atoms with E-state index in [0.717, 1.165) is 5.75 Å². The van der Waals surface area contributed by atoms with E-state index in [1.807, 2.05) is 18.2 Å². The summed E-state index contributed by atoms with van der Waals surface area (Å²) in [5, 5.41) is 2.42. The second-order valence-corrected chi connectivity index (χ2v) is 5.47. The van der Waals surface area contributed by atoms with Crippen molar-refractivity contribution < 1.29 is 4.74 Å². The van der Waals surface area contributed by atoms with Gasteiger partial charge in [0.15, 0.2) is 0 Å². The molecule has 2 aromatic rings. The minimum atomic E-state index is -0.0155. The Kier molecular flexibility index (Phi) is 2.56. The normalized spacial score (nSPS) is 23.9. The van der Waals surface area contributed by atoms with Crippen LogP contribution < -0.4 is 4.74 Å². The number of hydrogen-bond donors (Lipinski definition) is 0. The molecule has 2 unspecified atom stereocenters. The Morgan fingerprint density at radius 3 is 2.88 bits per heavy atom.